The van der Waals surface area contributed by atoms with Crippen LogP contribution in [-0.4, -0.2) is 33.8 Å². The fourth-order valence-corrected chi connectivity index (χ4v) is 3.90. The summed E-state index contributed by atoms with van der Waals surface area (Å²) in [4.78, 5) is 2.28. The molecule has 0 radical (unpaired) electrons. The molecular formula is C24H25FN4O. The van der Waals surface area contributed by atoms with Gasteiger partial charge in [0.2, 0.25) is 0 Å². The van der Waals surface area contributed by atoms with Gasteiger partial charge in [-0.2, -0.15) is 5.10 Å². The predicted octanol–water partition coefficient (Wildman–Crippen LogP) is 5.53. The molecule has 0 saturated carbocycles. The Hall–Kier alpha value is -3.25. The van der Waals surface area contributed by atoms with Crippen molar-refractivity contribution < 1.29 is 8.91 Å². The molecule has 2 heterocycles. The minimum Gasteiger partial charge on any atom is -0.361 e. The maximum absolute atomic E-state index is 13.2. The third-order valence-corrected chi connectivity index (χ3v) is 5.59. The molecule has 5 nitrogen and oxygen atoms in total. The second kappa shape index (κ2) is 8.24. The largest absolute Gasteiger partial charge is 0.361 e. The van der Waals surface area contributed by atoms with Crippen LogP contribution in [0.15, 0.2) is 59.3 Å². The first kappa shape index (κ1) is 20.0. The van der Waals surface area contributed by atoms with E-state index in [9.17, 15) is 4.39 Å². The van der Waals surface area contributed by atoms with Gasteiger partial charge in [-0.15, -0.1) is 0 Å². The standard InChI is InChI=1S/C24H25FN4O/c1-5-29(4)24(21-14-26-27-23(21)22-15(2)28-30-16(22)3)19-8-6-17(7-9-19)18-10-12-20(25)13-11-18/h6-14,24H,5H2,1-4H3,(H,26,27). The Labute approximate surface area is 175 Å². The first-order valence-electron chi connectivity index (χ1n) is 10.0. The van der Waals surface area contributed by atoms with Gasteiger partial charge in [-0.05, 0) is 56.3 Å². The Balaban J connectivity index is 1.75. The summed E-state index contributed by atoms with van der Waals surface area (Å²) >= 11 is 0. The molecule has 0 aliphatic rings. The molecule has 4 aromatic rings. The summed E-state index contributed by atoms with van der Waals surface area (Å²) in [6, 6.07) is 15.0. The molecule has 0 amide bonds. The van der Waals surface area contributed by atoms with Crippen molar-refractivity contribution in [2.24, 2.45) is 0 Å². The SMILES string of the molecule is CCN(C)C(c1ccc(-c2ccc(F)cc2)cc1)c1cn[nH]c1-c1c(C)noc1C. The van der Waals surface area contributed by atoms with E-state index in [2.05, 4.69) is 58.5 Å². The van der Waals surface area contributed by atoms with E-state index in [-0.39, 0.29) is 11.9 Å². The number of aryl methyl sites for hydroxylation is 2. The maximum atomic E-state index is 13.2. The van der Waals surface area contributed by atoms with E-state index in [0.29, 0.717) is 0 Å². The molecule has 0 aliphatic carbocycles. The van der Waals surface area contributed by atoms with Crippen LogP contribution in [0.5, 0.6) is 0 Å². The van der Waals surface area contributed by atoms with Gasteiger partial charge in [-0.1, -0.05) is 48.5 Å². The molecule has 0 fully saturated rings. The summed E-state index contributed by atoms with van der Waals surface area (Å²) < 4.78 is 18.6. The average Bonchev–Trinajstić information content (AvgIpc) is 3.35. The average molecular weight is 404 g/mol. The van der Waals surface area contributed by atoms with Crippen LogP contribution >= 0.6 is 0 Å². The number of nitrogens with zero attached hydrogens (tertiary/aromatic N) is 3. The quantitative estimate of drug-likeness (QED) is 0.459. The van der Waals surface area contributed by atoms with E-state index in [1.807, 2.05) is 20.0 Å². The van der Waals surface area contributed by atoms with Crippen LogP contribution in [0.3, 0.4) is 0 Å². The van der Waals surface area contributed by atoms with Crippen molar-refractivity contribution in [3.05, 3.63) is 83.1 Å². The van der Waals surface area contributed by atoms with E-state index < -0.39 is 0 Å². The molecule has 1 atom stereocenters. The van der Waals surface area contributed by atoms with Crippen molar-refractivity contribution in [3.8, 4) is 22.4 Å². The van der Waals surface area contributed by atoms with Crippen LogP contribution in [0.4, 0.5) is 4.39 Å². The minimum absolute atomic E-state index is 0.0136. The van der Waals surface area contributed by atoms with Gasteiger partial charge in [0.05, 0.1) is 29.2 Å². The van der Waals surface area contributed by atoms with E-state index >= 15 is 0 Å². The van der Waals surface area contributed by atoms with Gasteiger partial charge in [0, 0.05) is 5.56 Å². The second-order valence-electron chi connectivity index (χ2n) is 7.50. The maximum Gasteiger partial charge on any atom is 0.143 e. The highest BCUT2D eigenvalue weighted by atomic mass is 19.1. The zero-order valence-corrected chi connectivity index (χ0v) is 17.6. The Morgan fingerprint density at radius 3 is 2.23 bits per heavy atom. The Bertz CT molecular complexity index is 1110. The highest BCUT2D eigenvalue weighted by Crippen LogP contribution is 2.37. The lowest BCUT2D eigenvalue weighted by molar-refractivity contribution is 0.295. The van der Waals surface area contributed by atoms with E-state index in [1.165, 1.54) is 12.1 Å². The van der Waals surface area contributed by atoms with Crippen LogP contribution in [-0.2, 0) is 0 Å². The van der Waals surface area contributed by atoms with Gasteiger partial charge >= 0.3 is 0 Å². The summed E-state index contributed by atoms with van der Waals surface area (Å²) in [5, 5.41) is 11.6. The molecule has 2 aromatic heterocycles. The fraction of sp³-hybridized carbons (Fsp3) is 0.250. The molecule has 0 spiro atoms. The Morgan fingerprint density at radius 1 is 1.03 bits per heavy atom. The molecule has 154 valence electrons. The van der Waals surface area contributed by atoms with E-state index in [4.69, 9.17) is 4.52 Å². The molecule has 1 unspecified atom stereocenters. The molecule has 2 aromatic carbocycles. The summed E-state index contributed by atoms with van der Waals surface area (Å²) in [6.07, 6.45) is 1.88. The zero-order valence-electron chi connectivity index (χ0n) is 17.6. The number of hydrogen-bond donors (Lipinski definition) is 1. The number of benzene rings is 2. The number of aromatic nitrogens is 3. The topological polar surface area (TPSA) is 58.0 Å². The third kappa shape index (κ3) is 3.66. The Kier molecular flexibility index (Phi) is 5.50. The lowest BCUT2D eigenvalue weighted by Crippen LogP contribution is -2.25. The van der Waals surface area contributed by atoms with Gasteiger partial charge in [-0.3, -0.25) is 10.00 Å². The van der Waals surface area contributed by atoms with Crippen molar-refractivity contribution in [1.82, 2.24) is 20.3 Å². The third-order valence-electron chi connectivity index (χ3n) is 5.59. The fourth-order valence-electron chi connectivity index (χ4n) is 3.90. The number of halogens is 1. The molecule has 1 N–H and O–H groups in total. The van der Waals surface area contributed by atoms with Crippen molar-refractivity contribution >= 4 is 0 Å². The summed E-state index contributed by atoms with van der Waals surface area (Å²) in [7, 11) is 2.10. The highest BCUT2D eigenvalue weighted by molar-refractivity contribution is 5.69. The zero-order chi connectivity index (χ0) is 21.3. The van der Waals surface area contributed by atoms with E-state index in [1.54, 1.807) is 12.1 Å². The number of rotatable bonds is 6. The van der Waals surface area contributed by atoms with Crippen LogP contribution in [0.25, 0.3) is 22.4 Å². The normalized spacial score (nSPS) is 12.5. The van der Waals surface area contributed by atoms with Crippen molar-refractivity contribution in [1.29, 1.82) is 0 Å². The smallest absolute Gasteiger partial charge is 0.143 e. The lowest BCUT2D eigenvalue weighted by Gasteiger charge is -2.28. The summed E-state index contributed by atoms with van der Waals surface area (Å²) in [6.45, 7) is 6.86. The van der Waals surface area contributed by atoms with E-state index in [0.717, 1.165) is 51.5 Å². The Morgan fingerprint density at radius 2 is 1.67 bits per heavy atom. The first-order chi connectivity index (χ1) is 14.5. The number of nitrogens with one attached hydrogen (secondary N) is 1. The van der Waals surface area contributed by atoms with Gasteiger partial charge in [0.1, 0.15) is 11.6 Å². The van der Waals surface area contributed by atoms with Gasteiger partial charge in [0.25, 0.3) is 0 Å². The van der Waals surface area contributed by atoms with Crippen LogP contribution < -0.4 is 0 Å². The van der Waals surface area contributed by atoms with Gasteiger partial charge in [0.15, 0.2) is 0 Å². The van der Waals surface area contributed by atoms with Crippen molar-refractivity contribution in [3.63, 3.8) is 0 Å². The minimum atomic E-state index is -0.230. The second-order valence-corrected chi connectivity index (χ2v) is 7.50. The predicted molar refractivity (Wildman–Crippen MR) is 116 cm³/mol. The highest BCUT2D eigenvalue weighted by Gasteiger charge is 2.26. The van der Waals surface area contributed by atoms with Crippen molar-refractivity contribution in [2.45, 2.75) is 26.8 Å². The number of hydrogen-bond acceptors (Lipinski definition) is 4. The van der Waals surface area contributed by atoms with Crippen LogP contribution in [0.2, 0.25) is 0 Å². The monoisotopic (exact) mass is 404 g/mol. The van der Waals surface area contributed by atoms with Crippen LogP contribution in [0.1, 0.15) is 35.5 Å². The van der Waals surface area contributed by atoms with Crippen molar-refractivity contribution in [2.75, 3.05) is 13.6 Å². The molecule has 4 rings (SSSR count). The molecule has 0 saturated heterocycles. The molecule has 0 bridgehead atoms. The molecule has 0 aliphatic heterocycles. The molecule has 30 heavy (non-hydrogen) atoms. The van der Waals surface area contributed by atoms with Crippen LogP contribution in [0, 0.1) is 19.7 Å². The molecule has 6 heteroatoms. The van der Waals surface area contributed by atoms with Gasteiger partial charge < -0.3 is 4.52 Å². The summed E-state index contributed by atoms with van der Waals surface area (Å²) in [5.41, 5.74) is 6.99. The lowest BCUT2D eigenvalue weighted by atomic mass is 9.93. The first-order valence-corrected chi connectivity index (χ1v) is 10.0. The number of H-pyrrole nitrogens is 1. The number of aromatic amines is 1. The summed E-state index contributed by atoms with van der Waals surface area (Å²) in [5.74, 6) is 0.536. The molecular weight excluding hydrogens is 379 g/mol. The van der Waals surface area contributed by atoms with Gasteiger partial charge in [-0.25, -0.2) is 4.39 Å².